The van der Waals surface area contributed by atoms with Gasteiger partial charge in [-0.05, 0) is 31.0 Å². The molecule has 0 aliphatic heterocycles. The second kappa shape index (κ2) is 10.8. The largest absolute Gasteiger partial charge is 0.484 e. The molecule has 12 heteroatoms. The number of hydrogen-bond donors (Lipinski definition) is 1. The minimum atomic E-state index is -0.157. The predicted octanol–water partition coefficient (Wildman–Crippen LogP) is 5.33. The summed E-state index contributed by atoms with van der Waals surface area (Å²) in [6, 6.07) is 5.02. The van der Waals surface area contributed by atoms with Gasteiger partial charge in [0.2, 0.25) is 11.0 Å². The normalized spacial score (nSPS) is 14.5. The van der Waals surface area contributed by atoms with Gasteiger partial charge in [0.25, 0.3) is 0 Å². The number of hydrogen-bond acceptors (Lipinski definition) is 8. The zero-order valence-electron chi connectivity index (χ0n) is 17.4. The van der Waals surface area contributed by atoms with E-state index < -0.39 is 0 Å². The van der Waals surface area contributed by atoms with Crippen LogP contribution in [0.2, 0.25) is 10.0 Å². The van der Waals surface area contributed by atoms with Crippen molar-refractivity contribution in [3.05, 3.63) is 39.1 Å². The summed E-state index contributed by atoms with van der Waals surface area (Å²) >= 11 is 14.8. The Balaban J connectivity index is 1.27. The van der Waals surface area contributed by atoms with E-state index in [-0.39, 0.29) is 18.3 Å². The third-order valence-corrected chi connectivity index (χ3v) is 7.70. The van der Waals surface area contributed by atoms with Crippen LogP contribution in [0.3, 0.4) is 0 Å². The van der Waals surface area contributed by atoms with Gasteiger partial charge in [-0.2, -0.15) is 0 Å². The summed E-state index contributed by atoms with van der Waals surface area (Å²) < 4.78 is 7.50. The van der Waals surface area contributed by atoms with Crippen molar-refractivity contribution in [1.82, 2.24) is 25.0 Å². The first-order valence-corrected chi connectivity index (χ1v) is 12.8. The molecule has 2 aromatic heterocycles. The molecule has 2 heterocycles. The Bertz CT molecular complexity index is 1080. The van der Waals surface area contributed by atoms with Crippen LogP contribution in [0.5, 0.6) is 5.75 Å². The minimum Gasteiger partial charge on any atom is -0.484 e. The fourth-order valence-corrected chi connectivity index (χ4v) is 5.54. The molecule has 170 valence electrons. The van der Waals surface area contributed by atoms with E-state index in [1.54, 1.807) is 22.8 Å². The lowest BCUT2D eigenvalue weighted by Gasteiger charge is -2.18. The number of carbonyl (C=O) groups is 1. The highest BCUT2D eigenvalue weighted by Gasteiger charge is 2.20. The van der Waals surface area contributed by atoms with Crippen molar-refractivity contribution in [1.29, 1.82) is 0 Å². The average Bonchev–Trinajstić information content (AvgIpc) is 3.39. The van der Waals surface area contributed by atoms with Crippen molar-refractivity contribution in [3.63, 3.8) is 0 Å². The molecule has 0 spiro atoms. The molecule has 1 aliphatic rings. The summed E-state index contributed by atoms with van der Waals surface area (Å²) in [6.07, 6.45) is 6.07. The maximum Gasteiger partial charge on any atom is 0.236 e. The number of amides is 1. The maximum absolute atomic E-state index is 12.4. The van der Waals surface area contributed by atoms with E-state index in [0.29, 0.717) is 37.8 Å². The lowest BCUT2D eigenvalue weighted by atomic mass is 9.90. The fraction of sp³-hybridized carbons (Fsp3) is 0.450. The Morgan fingerprint density at radius 1 is 1.22 bits per heavy atom. The summed E-state index contributed by atoms with van der Waals surface area (Å²) in [7, 11) is 1.82. The van der Waals surface area contributed by atoms with Crippen LogP contribution in [0, 0.1) is 0 Å². The standard InChI is InChI=1S/C20H22Cl2N6O2S2/c1-28-16(10-30-15-8-7-13(21)9-14(15)22)24-27-20(28)31-11-17(29)23-19-26-25-18(32-19)12-5-3-2-4-6-12/h7-9,12H,2-6,10-11H2,1H3,(H,23,26,29). The lowest BCUT2D eigenvalue weighted by Crippen LogP contribution is -2.14. The zero-order chi connectivity index (χ0) is 22.5. The molecule has 32 heavy (non-hydrogen) atoms. The van der Waals surface area contributed by atoms with E-state index in [9.17, 15) is 4.79 Å². The molecule has 1 aliphatic carbocycles. The number of rotatable bonds is 8. The number of aromatic nitrogens is 5. The van der Waals surface area contributed by atoms with Gasteiger partial charge in [-0.15, -0.1) is 20.4 Å². The number of carbonyl (C=O) groups excluding carboxylic acids is 1. The highest BCUT2D eigenvalue weighted by molar-refractivity contribution is 7.99. The van der Waals surface area contributed by atoms with Crippen molar-refractivity contribution < 1.29 is 9.53 Å². The summed E-state index contributed by atoms with van der Waals surface area (Å²) in [5.74, 6) is 1.63. The van der Waals surface area contributed by atoms with Gasteiger partial charge in [-0.3, -0.25) is 10.1 Å². The zero-order valence-corrected chi connectivity index (χ0v) is 20.5. The molecule has 4 rings (SSSR count). The van der Waals surface area contributed by atoms with Gasteiger partial charge in [-0.25, -0.2) is 0 Å². The summed E-state index contributed by atoms with van der Waals surface area (Å²) in [6.45, 7) is 0.187. The molecule has 0 bridgehead atoms. The number of anilines is 1. The number of nitrogens with one attached hydrogen (secondary N) is 1. The lowest BCUT2D eigenvalue weighted by molar-refractivity contribution is -0.113. The van der Waals surface area contributed by atoms with E-state index >= 15 is 0 Å². The molecule has 1 aromatic carbocycles. The van der Waals surface area contributed by atoms with Crippen molar-refractivity contribution in [3.8, 4) is 5.75 Å². The molecule has 0 radical (unpaired) electrons. The highest BCUT2D eigenvalue weighted by Crippen LogP contribution is 2.35. The van der Waals surface area contributed by atoms with Gasteiger partial charge in [0.05, 0.1) is 10.8 Å². The van der Waals surface area contributed by atoms with Crippen molar-refractivity contribution in [2.75, 3.05) is 11.1 Å². The Morgan fingerprint density at radius 3 is 2.81 bits per heavy atom. The second-order valence-corrected chi connectivity index (χ2v) is 10.2. The first-order valence-electron chi connectivity index (χ1n) is 10.2. The maximum atomic E-state index is 12.4. The highest BCUT2D eigenvalue weighted by atomic mass is 35.5. The van der Waals surface area contributed by atoms with Gasteiger partial charge >= 0.3 is 0 Å². The number of benzene rings is 1. The van der Waals surface area contributed by atoms with E-state index in [4.69, 9.17) is 27.9 Å². The first-order chi connectivity index (χ1) is 15.5. The Kier molecular flexibility index (Phi) is 7.88. The SMILES string of the molecule is Cn1c(COc2ccc(Cl)cc2Cl)nnc1SCC(=O)Nc1nnc(C2CCCCC2)s1. The van der Waals surface area contributed by atoms with E-state index in [0.717, 1.165) is 17.8 Å². The molecular weight excluding hydrogens is 491 g/mol. The molecule has 3 aromatic rings. The Hall–Kier alpha value is -1.88. The van der Waals surface area contributed by atoms with E-state index in [2.05, 4.69) is 25.7 Å². The average molecular weight is 513 g/mol. The van der Waals surface area contributed by atoms with Crippen LogP contribution in [0.4, 0.5) is 5.13 Å². The number of ether oxygens (including phenoxy) is 1. The summed E-state index contributed by atoms with van der Waals surface area (Å²) in [5, 5.41) is 22.7. The van der Waals surface area contributed by atoms with E-state index in [1.165, 1.54) is 42.4 Å². The smallest absolute Gasteiger partial charge is 0.236 e. The van der Waals surface area contributed by atoms with Crippen molar-refractivity contribution in [2.45, 2.75) is 49.8 Å². The molecule has 0 atom stereocenters. The number of halogens is 2. The van der Waals surface area contributed by atoms with Crippen LogP contribution in [-0.4, -0.2) is 36.6 Å². The van der Waals surface area contributed by atoms with Crippen LogP contribution in [0.25, 0.3) is 0 Å². The molecule has 0 unspecified atom stereocenters. The van der Waals surface area contributed by atoms with Crippen LogP contribution in [0.1, 0.15) is 48.9 Å². The third kappa shape index (κ3) is 5.92. The van der Waals surface area contributed by atoms with Gasteiger partial charge in [0.1, 0.15) is 17.4 Å². The topological polar surface area (TPSA) is 94.8 Å². The van der Waals surface area contributed by atoms with Crippen molar-refractivity contribution >= 4 is 57.3 Å². The molecule has 1 fully saturated rings. The molecule has 1 N–H and O–H groups in total. The first kappa shape index (κ1) is 23.3. The van der Waals surface area contributed by atoms with Gasteiger partial charge < -0.3 is 9.30 Å². The summed E-state index contributed by atoms with van der Waals surface area (Å²) in [5.41, 5.74) is 0. The molecule has 1 saturated carbocycles. The van der Waals surface area contributed by atoms with Gasteiger partial charge in [-0.1, -0.05) is 65.6 Å². The molecule has 0 saturated heterocycles. The monoisotopic (exact) mass is 512 g/mol. The summed E-state index contributed by atoms with van der Waals surface area (Å²) in [4.78, 5) is 12.4. The minimum absolute atomic E-state index is 0.157. The van der Waals surface area contributed by atoms with Crippen molar-refractivity contribution in [2.24, 2.45) is 7.05 Å². The molecular formula is C20H22Cl2N6O2S2. The predicted molar refractivity (Wildman–Crippen MR) is 127 cm³/mol. The molecule has 1 amide bonds. The Labute approximate surface area is 204 Å². The number of nitrogens with zero attached hydrogens (tertiary/aromatic N) is 5. The van der Waals surface area contributed by atoms with Crippen LogP contribution in [0.15, 0.2) is 23.4 Å². The molecule has 8 nitrogen and oxygen atoms in total. The van der Waals surface area contributed by atoms with Crippen LogP contribution < -0.4 is 10.1 Å². The second-order valence-electron chi connectivity index (χ2n) is 7.44. The van der Waals surface area contributed by atoms with Gasteiger partial charge in [0, 0.05) is 18.0 Å². The Morgan fingerprint density at radius 2 is 2.03 bits per heavy atom. The fourth-order valence-electron chi connectivity index (χ4n) is 3.42. The third-order valence-electron chi connectivity index (χ3n) is 5.15. The quantitative estimate of drug-likeness (QED) is 0.407. The van der Waals surface area contributed by atoms with E-state index in [1.807, 2.05) is 7.05 Å². The van der Waals surface area contributed by atoms with Gasteiger partial charge in [0.15, 0.2) is 11.0 Å². The number of thioether (sulfide) groups is 1. The van der Waals surface area contributed by atoms with Crippen LogP contribution >= 0.6 is 46.3 Å². The van der Waals surface area contributed by atoms with Crippen LogP contribution in [-0.2, 0) is 18.4 Å².